The summed E-state index contributed by atoms with van der Waals surface area (Å²) in [5.41, 5.74) is 1.50. The molecule has 1 atom stereocenters. The maximum atomic E-state index is 13.1. The van der Waals surface area contributed by atoms with E-state index in [-0.39, 0.29) is 5.91 Å². The molecule has 108 valence electrons. The zero-order chi connectivity index (χ0) is 14.7. The highest BCUT2D eigenvalue weighted by Crippen LogP contribution is 2.22. The Morgan fingerprint density at radius 3 is 3.00 bits per heavy atom. The summed E-state index contributed by atoms with van der Waals surface area (Å²) in [6, 6.07) is 5.21. The molecule has 3 rings (SSSR count). The lowest BCUT2D eigenvalue weighted by Crippen LogP contribution is -2.29. The molecule has 1 aliphatic heterocycles. The maximum Gasteiger partial charge on any atom is 0.255 e. The average molecular weight is 285 g/mol. The molecule has 0 radical (unpaired) electrons. The second kappa shape index (κ2) is 5.99. The second-order valence-corrected chi connectivity index (χ2v) is 5.36. The number of halogens is 1. The first-order valence-electron chi connectivity index (χ1n) is 7.01. The fourth-order valence-electron chi connectivity index (χ4n) is 2.75. The first-order valence-corrected chi connectivity index (χ1v) is 7.01. The molecular formula is C16H16FN3O. The molecule has 0 spiro atoms. The first kappa shape index (κ1) is 13.7. The fraction of sp³-hybridized carbons (Fsp3) is 0.312. The van der Waals surface area contributed by atoms with Gasteiger partial charge >= 0.3 is 0 Å². The molecule has 0 bridgehead atoms. The standard InChI is InChI=1S/C16H16FN3O/c17-15-7-14(9-19-10-15)16(21)20-5-3-13(11-20)6-12-2-1-4-18-8-12/h1-2,4,7-10,13H,3,5-6,11H2. The van der Waals surface area contributed by atoms with Crippen LogP contribution in [0.15, 0.2) is 43.0 Å². The van der Waals surface area contributed by atoms with Gasteiger partial charge in [-0.15, -0.1) is 0 Å². The lowest BCUT2D eigenvalue weighted by molar-refractivity contribution is 0.0786. The quantitative estimate of drug-likeness (QED) is 0.869. The van der Waals surface area contributed by atoms with Gasteiger partial charge in [0.1, 0.15) is 5.82 Å². The molecule has 1 amide bonds. The number of likely N-dealkylation sites (tertiary alicyclic amines) is 1. The van der Waals surface area contributed by atoms with Gasteiger partial charge in [0.25, 0.3) is 5.91 Å². The van der Waals surface area contributed by atoms with E-state index in [0.717, 1.165) is 19.0 Å². The van der Waals surface area contributed by atoms with Crippen molar-refractivity contribution < 1.29 is 9.18 Å². The molecule has 2 aromatic heterocycles. The number of amides is 1. The van der Waals surface area contributed by atoms with Crippen molar-refractivity contribution in [1.29, 1.82) is 0 Å². The van der Waals surface area contributed by atoms with Crippen molar-refractivity contribution in [3.8, 4) is 0 Å². The number of nitrogens with zero attached hydrogens (tertiary/aromatic N) is 3. The summed E-state index contributed by atoms with van der Waals surface area (Å²) in [5, 5.41) is 0. The van der Waals surface area contributed by atoms with E-state index in [4.69, 9.17) is 0 Å². The van der Waals surface area contributed by atoms with Gasteiger partial charge in [-0.1, -0.05) is 6.07 Å². The average Bonchev–Trinajstić information content (AvgIpc) is 2.96. The molecule has 1 fully saturated rings. The summed E-state index contributed by atoms with van der Waals surface area (Å²) in [7, 11) is 0. The van der Waals surface area contributed by atoms with Crippen LogP contribution in [0.3, 0.4) is 0 Å². The second-order valence-electron chi connectivity index (χ2n) is 5.36. The van der Waals surface area contributed by atoms with Crippen molar-refractivity contribution in [3.63, 3.8) is 0 Å². The van der Waals surface area contributed by atoms with E-state index in [1.54, 1.807) is 11.1 Å². The predicted molar refractivity (Wildman–Crippen MR) is 76.1 cm³/mol. The van der Waals surface area contributed by atoms with Crippen LogP contribution in [0.1, 0.15) is 22.3 Å². The van der Waals surface area contributed by atoms with Gasteiger partial charge in [-0.2, -0.15) is 0 Å². The Morgan fingerprint density at radius 2 is 2.24 bits per heavy atom. The molecule has 1 aliphatic rings. The Hall–Kier alpha value is -2.30. The van der Waals surface area contributed by atoms with Gasteiger partial charge in [0.15, 0.2) is 0 Å². The van der Waals surface area contributed by atoms with Crippen LogP contribution in [0.2, 0.25) is 0 Å². The Labute approximate surface area is 122 Å². The predicted octanol–water partition coefficient (Wildman–Crippen LogP) is 2.32. The molecule has 3 heterocycles. The molecule has 0 aliphatic carbocycles. The minimum Gasteiger partial charge on any atom is -0.338 e. The minimum atomic E-state index is -0.480. The molecule has 2 aromatic rings. The number of pyridine rings is 2. The van der Waals surface area contributed by atoms with Crippen LogP contribution in [-0.2, 0) is 6.42 Å². The molecule has 0 N–H and O–H groups in total. The molecule has 5 heteroatoms. The molecule has 0 saturated carbocycles. The highest BCUT2D eigenvalue weighted by atomic mass is 19.1. The normalized spacial score (nSPS) is 18.0. The maximum absolute atomic E-state index is 13.1. The zero-order valence-corrected chi connectivity index (χ0v) is 11.6. The summed E-state index contributed by atoms with van der Waals surface area (Å²) in [6.45, 7) is 1.41. The molecule has 1 saturated heterocycles. The Bertz CT molecular complexity index is 632. The SMILES string of the molecule is O=C(c1cncc(F)c1)N1CCC(Cc2cccnc2)C1. The van der Waals surface area contributed by atoms with Crippen molar-refractivity contribution >= 4 is 5.91 Å². The van der Waals surface area contributed by atoms with Crippen LogP contribution in [0.25, 0.3) is 0 Å². The van der Waals surface area contributed by atoms with Crippen molar-refractivity contribution in [2.45, 2.75) is 12.8 Å². The van der Waals surface area contributed by atoms with Gasteiger partial charge in [-0.05, 0) is 36.5 Å². The Kier molecular flexibility index (Phi) is 3.90. The van der Waals surface area contributed by atoms with Gasteiger partial charge in [-0.25, -0.2) is 4.39 Å². The number of hydrogen-bond acceptors (Lipinski definition) is 3. The van der Waals surface area contributed by atoms with Crippen LogP contribution >= 0.6 is 0 Å². The van der Waals surface area contributed by atoms with Crippen molar-refractivity contribution in [2.24, 2.45) is 5.92 Å². The van der Waals surface area contributed by atoms with Gasteiger partial charge in [0.05, 0.1) is 11.8 Å². The Balaban J connectivity index is 1.63. The summed E-state index contributed by atoms with van der Waals surface area (Å²) in [6.07, 6.45) is 8.01. The van der Waals surface area contributed by atoms with Gasteiger partial charge < -0.3 is 4.90 Å². The van der Waals surface area contributed by atoms with Crippen molar-refractivity contribution in [3.05, 3.63) is 59.9 Å². The molecule has 21 heavy (non-hydrogen) atoms. The largest absolute Gasteiger partial charge is 0.338 e. The van der Waals surface area contributed by atoms with E-state index in [1.165, 1.54) is 17.8 Å². The van der Waals surface area contributed by atoms with E-state index >= 15 is 0 Å². The highest BCUT2D eigenvalue weighted by Gasteiger charge is 2.27. The first-order chi connectivity index (χ1) is 10.2. The summed E-state index contributed by atoms with van der Waals surface area (Å²) < 4.78 is 13.1. The molecule has 1 unspecified atom stereocenters. The van der Waals surface area contributed by atoms with Crippen molar-refractivity contribution in [2.75, 3.05) is 13.1 Å². The van der Waals surface area contributed by atoms with E-state index in [0.29, 0.717) is 24.6 Å². The molecule has 4 nitrogen and oxygen atoms in total. The van der Waals surface area contributed by atoms with Gasteiger partial charge in [0.2, 0.25) is 0 Å². The third kappa shape index (κ3) is 3.24. The fourth-order valence-corrected chi connectivity index (χ4v) is 2.75. The van der Waals surface area contributed by atoms with Gasteiger partial charge in [0, 0.05) is 31.7 Å². The third-order valence-corrected chi connectivity index (χ3v) is 3.77. The number of hydrogen-bond donors (Lipinski definition) is 0. The van der Waals surface area contributed by atoms with E-state index in [1.807, 2.05) is 18.3 Å². The number of carbonyl (C=O) groups is 1. The third-order valence-electron chi connectivity index (χ3n) is 3.77. The number of carbonyl (C=O) groups excluding carboxylic acids is 1. The monoisotopic (exact) mass is 285 g/mol. The minimum absolute atomic E-state index is 0.143. The van der Waals surface area contributed by atoms with Crippen molar-refractivity contribution in [1.82, 2.24) is 14.9 Å². The van der Waals surface area contributed by atoms with Crippen LogP contribution in [0.5, 0.6) is 0 Å². The molecular weight excluding hydrogens is 269 g/mol. The van der Waals surface area contributed by atoms with Crippen LogP contribution in [-0.4, -0.2) is 33.9 Å². The highest BCUT2D eigenvalue weighted by molar-refractivity contribution is 5.94. The Morgan fingerprint density at radius 1 is 1.33 bits per heavy atom. The lowest BCUT2D eigenvalue weighted by atomic mass is 10.0. The van der Waals surface area contributed by atoms with Crippen LogP contribution in [0.4, 0.5) is 4.39 Å². The topological polar surface area (TPSA) is 46.1 Å². The van der Waals surface area contributed by atoms with E-state index in [2.05, 4.69) is 9.97 Å². The summed E-state index contributed by atoms with van der Waals surface area (Å²) in [5.74, 6) is -0.192. The van der Waals surface area contributed by atoms with Crippen LogP contribution < -0.4 is 0 Å². The van der Waals surface area contributed by atoms with E-state index < -0.39 is 5.82 Å². The van der Waals surface area contributed by atoms with E-state index in [9.17, 15) is 9.18 Å². The van der Waals surface area contributed by atoms with Gasteiger partial charge in [-0.3, -0.25) is 14.8 Å². The number of rotatable bonds is 3. The lowest BCUT2D eigenvalue weighted by Gasteiger charge is -2.16. The zero-order valence-electron chi connectivity index (χ0n) is 11.6. The smallest absolute Gasteiger partial charge is 0.255 e. The summed E-state index contributed by atoms with van der Waals surface area (Å²) >= 11 is 0. The summed E-state index contributed by atoms with van der Waals surface area (Å²) in [4.78, 5) is 21.9. The molecule has 0 aromatic carbocycles. The van der Waals surface area contributed by atoms with Crippen LogP contribution in [0, 0.1) is 11.7 Å². The number of aromatic nitrogens is 2.